The van der Waals surface area contributed by atoms with Crippen LogP contribution in [0, 0.1) is 6.92 Å². The monoisotopic (exact) mass is 267 g/mol. The number of rotatable bonds is 8. The summed E-state index contributed by atoms with van der Waals surface area (Å²) in [6.45, 7) is 7.65. The molecular weight excluding hydrogens is 242 g/mol. The fourth-order valence-electron chi connectivity index (χ4n) is 1.79. The molecule has 19 heavy (non-hydrogen) atoms. The van der Waals surface area contributed by atoms with Gasteiger partial charge in [-0.1, -0.05) is 17.7 Å². The Balaban J connectivity index is 2.44. The first kappa shape index (κ1) is 16.0. The van der Waals surface area contributed by atoms with Crippen molar-refractivity contribution in [3.63, 3.8) is 0 Å². The van der Waals surface area contributed by atoms with E-state index in [1.54, 1.807) is 7.11 Å². The molecule has 0 radical (unpaired) electrons. The third-order valence-corrected chi connectivity index (χ3v) is 2.76. The van der Waals surface area contributed by atoms with Gasteiger partial charge >= 0.3 is 0 Å². The van der Waals surface area contributed by atoms with Crippen molar-refractivity contribution in [1.82, 2.24) is 0 Å². The zero-order valence-corrected chi connectivity index (χ0v) is 12.3. The van der Waals surface area contributed by atoms with Crippen molar-refractivity contribution in [3.05, 3.63) is 29.3 Å². The van der Waals surface area contributed by atoms with Crippen LogP contribution in [0.25, 0.3) is 0 Å². The number of nitrogens with two attached hydrogens (primary N) is 1. The minimum absolute atomic E-state index is 0.186. The zero-order chi connectivity index (χ0) is 14.3. The number of methoxy groups -OCH3 is 1. The van der Waals surface area contributed by atoms with Gasteiger partial charge in [-0.2, -0.15) is 0 Å². The van der Waals surface area contributed by atoms with Crippen LogP contribution < -0.4 is 10.5 Å². The predicted octanol–water partition coefficient (Wildman–Crippen LogP) is 2.45. The van der Waals surface area contributed by atoms with E-state index in [1.807, 2.05) is 39.0 Å². The van der Waals surface area contributed by atoms with E-state index in [2.05, 4.69) is 0 Å². The summed E-state index contributed by atoms with van der Waals surface area (Å²) >= 11 is 0. The van der Waals surface area contributed by atoms with Gasteiger partial charge in [0.25, 0.3) is 0 Å². The summed E-state index contributed by atoms with van der Waals surface area (Å²) in [5, 5.41) is 0. The van der Waals surface area contributed by atoms with Crippen LogP contribution in [0.5, 0.6) is 5.75 Å². The highest BCUT2D eigenvalue weighted by atomic mass is 16.5. The van der Waals surface area contributed by atoms with Crippen molar-refractivity contribution in [2.24, 2.45) is 5.73 Å². The highest BCUT2D eigenvalue weighted by Crippen LogP contribution is 2.25. The lowest BCUT2D eigenvalue weighted by Gasteiger charge is -2.17. The molecule has 4 heteroatoms. The van der Waals surface area contributed by atoms with Crippen LogP contribution in [-0.2, 0) is 9.47 Å². The Bertz CT molecular complexity index is 380. The van der Waals surface area contributed by atoms with Gasteiger partial charge in [-0.05, 0) is 26.8 Å². The molecule has 108 valence electrons. The molecular formula is C15H25NO3. The Morgan fingerprint density at radius 1 is 1.21 bits per heavy atom. The first-order valence-electron chi connectivity index (χ1n) is 6.64. The number of hydrogen-bond acceptors (Lipinski definition) is 4. The van der Waals surface area contributed by atoms with Crippen LogP contribution in [0.15, 0.2) is 18.2 Å². The maximum absolute atomic E-state index is 6.14. The second kappa shape index (κ2) is 8.15. The summed E-state index contributed by atoms with van der Waals surface area (Å²) in [7, 11) is 1.65. The predicted molar refractivity (Wildman–Crippen MR) is 76.6 cm³/mol. The van der Waals surface area contributed by atoms with E-state index < -0.39 is 0 Å². The molecule has 1 unspecified atom stereocenters. The van der Waals surface area contributed by atoms with Gasteiger partial charge in [0.2, 0.25) is 0 Å². The second-order valence-electron chi connectivity index (χ2n) is 4.85. The maximum Gasteiger partial charge on any atom is 0.123 e. The quantitative estimate of drug-likeness (QED) is 0.735. The summed E-state index contributed by atoms with van der Waals surface area (Å²) in [5.41, 5.74) is 8.28. The molecule has 0 aromatic heterocycles. The summed E-state index contributed by atoms with van der Waals surface area (Å²) < 4.78 is 16.3. The summed E-state index contributed by atoms with van der Waals surface area (Å²) in [6.07, 6.45) is 0.231. The minimum atomic E-state index is -0.186. The largest absolute Gasteiger partial charge is 0.496 e. The van der Waals surface area contributed by atoms with Crippen molar-refractivity contribution in [3.8, 4) is 5.75 Å². The van der Waals surface area contributed by atoms with Gasteiger partial charge in [-0.25, -0.2) is 0 Å². The molecule has 1 rings (SSSR count). The molecule has 1 atom stereocenters. The highest BCUT2D eigenvalue weighted by molar-refractivity contribution is 5.39. The van der Waals surface area contributed by atoms with Gasteiger partial charge < -0.3 is 19.9 Å². The summed E-state index contributed by atoms with van der Waals surface area (Å²) in [4.78, 5) is 0. The SMILES string of the molecule is COc1ccc(C)cc1C(N)COCCOC(C)C. The van der Waals surface area contributed by atoms with E-state index in [9.17, 15) is 0 Å². The molecule has 0 saturated heterocycles. The number of benzene rings is 1. The van der Waals surface area contributed by atoms with Gasteiger partial charge in [0.15, 0.2) is 0 Å². The van der Waals surface area contributed by atoms with Crippen LogP contribution in [-0.4, -0.2) is 33.0 Å². The first-order chi connectivity index (χ1) is 9.04. The van der Waals surface area contributed by atoms with Crippen molar-refractivity contribution in [1.29, 1.82) is 0 Å². The topological polar surface area (TPSA) is 53.7 Å². The molecule has 0 bridgehead atoms. The van der Waals surface area contributed by atoms with E-state index in [-0.39, 0.29) is 12.1 Å². The third-order valence-electron chi connectivity index (χ3n) is 2.76. The molecule has 0 fully saturated rings. The first-order valence-corrected chi connectivity index (χ1v) is 6.64. The Morgan fingerprint density at radius 2 is 1.95 bits per heavy atom. The molecule has 2 N–H and O–H groups in total. The molecule has 0 saturated carbocycles. The molecule has 0 aliphatic heterocycles. The van der Waals surface area contributed by atoms with Crippen molar-refractivity contribution >= 4 is 0 Å². The van der Waals surface area contributed by atoms with E-state index in [0.717, 1.165) is 16.9 Å². The molecule has 1 aromatic carbocycles. The van der Waals surface area contributed by atoms with E-state index in [1.165, 1.54) is 0 Å². The fraction of sp³-hybridized carbons (Fsp3) is 0.600. The van der Waals surface area contributed by atoms with Gasteiger partial charge in [0.05, 0.1) is 39.1 Å². The Hall–Kier alpha value is -1.10. The van der Waals surface area contributed by atoms with Crippen LogP contribution in [0.4, 0.5) is 0 Å². The zero-order valence-electron chi connectivity index (χ0n) is 12.3. The Kier molecular flexibility index (Phi) is 6.84. The molecule has 1 aromatic rings. The Labute approximate surface area is 115 Å². The van der Waals surface area contributed by atoms with Gasteiger partial charge in [0, 0.05) is 5.56 Å². The normalized spacial score (nSPS) is 12.7. The number of ether oxygens (including phenoxy) is 3. The average Bonchev–Trinajstić information content (AvgIpc) is 2.37. The van der Waals surface area contributed by atoms with Crippen molar-refractivity contribution < 1.29 is 14.2 Å². The molecule has 0 aliphatic rings. The van der Waals surface area contributed by atoms with Gasteiger partial charge in [-0.3, -0.25) is 0 Å². The molecule has 4 nitrogen and oxygen atoms in total. The maximum atomic E-state index is 6.14. The van der Waals surface area contributed by atoms with Gasteiger partial charge in [0.1, 0.15) is 5.75 Å². The van der Waals surface area contributed by atoms with Gasteiger partial charge in [-0.15, -0.1) is 0 Å². The lowest BCUT2D eigenvalue weighted by molar-refractivity contribution is 0.0160. The van der Waals surface area contributed by atoms with Crippen LogP contribution in [0.3, 0.4) is 0 Å². The van der Waals surface area contributed by atoms with E-state index >= 15 is 0 Å². The standard InChI is InChI=1S/C15H25NO3/c1-11(2)19-8-7-18-10-14(16)13-9-12(3)5-6-15(13)17-4/h5-6,9,11,14H,7-8,10,16H2,1-4H3. The minimum Gasteiger partial charge on any atom is -0.496 e. The molecule has 0 spiro atoms. The molecule has 0 amide bonds. The Morgan fingerprint density at radius 3 is 2.58 bits per heavy atom. The molecule has 0 heterocycles. The number of aryl methyl sites for hydroxylation is 1. The summed E-state index contributed by atoms with van der Waals surface area (Å²) in [5.74, 6) is 0.806. The number of hydrogen-bond donors (Lipinski definition) is 1. The average molecular weight is 267 g/mol. The summed E-state index contributed by atoms with van der Waals surface area (Å²) in [6, 6.07) is 5.80. The van der Waals surface area contributed by atoms with Crippen LogP contribution in [0.1, 0.15) is 31.0 Å². The van der Waals surface area contributed by atoms with E-state index in [4.69, 9.17) is 19.9 Å². The fourth-order valence-corrected chi connectivity index (χ4v) is 1.79. The smallest absolute Gasteiger partial charge is 0.123 e. The van der Waals surface area contributed by atoms with Crippen molar-refractivity contribution in [2.45, 2.75) is 32.9 Å². The lowest BCUT2D eigenvalue weighted by Crippen LogP contribution is -2.20. The highest BCUT2D eigenvalue weighted by Gasteiger charge is 2.12. The third kappa shape index (κ3) is 5.59. The van der Waals surface area contributed by atoms with Crippen LogP contribution in [0.2, 0.25) is 0 Å². The van der Waals surface area contributed by atoms with Crippen LogP contribution >= 0.6 is 0 Å². The lowest BCUT2D eigenvalue weighted by atomic mass is 10.0. The second-order valence-corrected chi connectivity index (χ2v) is 4.85. The van der Waals surface area contributed by atoms with Crippen molar-refractivity contribution in [2.75, 3.05) is 26.9 Å². The molecule has 0 aliphatic carbocycles. The van der Waals surface area contributed by atoms with E-state index in [0.29, 0.717) is 19.8 Å².